The van der Waals surface area contributed by atoms with E-state index in [2.05, 4.69) is 15.3 Å². The molecule has 0 radical (unpaired) electrons. The van der Waals surface area contributed by atoms with E-state index < -0.39 is 0 Å². The molecular formula is C24H26F2N4O2. The molecule has 1 amide bonds. The van der Waals surface area contributed by atoms with E-state index in [4.69, 9.17) is 4.74 Å². The number of hydrogen-bond acceptors (Lipinski definition) is 4. The SMILES string of the molecule is Cc1nn(-c2ccc(F)cc2)c(C)c1C(=O)NCC(c1ccc(F)cc1)N1CCOCC1. The Morgan fingerprint density at radius 3 is 2.25 bits per heavy atom. The van der Waals surface area contributed by atoms with E-state index in [0.717, 1.165) is 18.7 Å². The smallest absolute Gasteiger partial charge is 0.255 e. The van der Waals surface area contributed by atoms with Gasteiger partial charge in [-0.3, -0.25) is 9.69 Å². The van der Waals surface area contributed by atoms with Crippen LogP contribution in [0.3, 0.4) is 0 Å². The van der Waals surface area contributed by atoms with Crippen molar-refractivity contribution in [2.75, 3.05) is 32.8 Å². The second kappa shape index (κ2) is 9.58. The number of carbonyl (C=O) groups excluding carboxylic acids is 1. The standard InChI is InChI=1S/C24H26F2N4O2/c1-16-23(17(2)30(28-16)21-9-7-20(26)8-10-21)24(31)27-15-22(29-11-13-32-14-12-29)18-3-5-19(25)6-4-18/h3-10,22H,11-15H2,1-2H3,(H,27,31). The summed E-state index contributed by atoms with van der Waals surface area (Å²) in [5, 5.41) is 7.52. The first-order valence-electron chi connectivity index (χ1n) is 10.6. The van der Waals surface area contributed by atoms with Gasteiger partial charge in [0.1, 0.15) is 11.6 Å². The quantitative estimate of drug-likeness (QED) is 0.637. The van der Waals surface area contributed by atoms with Crippen LogP contribution in [-0.4, -0.2) is 53.4 Å². The van der Waals surface area contributed by atoms with E-state index in [9.17, 15) is 13.6 Å². The van der Waals surface area contributed by atoms with Crippen LogP contribution in [-0.2, 0) is 4.74 Å². The number of nitrogens with zero attached hydrogens (tertiary/aromatic N) is 3. The summed E-state index contributed by atoms with van der Waals surface area (Å²) < 4.78 is 33.8. The molecule has 3 aromatic rings. The largest absolute Gasteiger partial charge is 0.379 e. The summed E-state index contributed by atoms with van der Waals surface area (Å²) >= 11 is 0. The van der Waals surface area contributed by atoms with Crippen LogP contribution in [0.2, 0.25) is 0 Å². The summed E-state index contributed by atoms with van der Waals surface area (Å²) in [7, 11) is 0. The van der Waals surface area contributed by atoms with Gasteiger partial charge in [0.25, 0.3) is 5.91 Å². The van der Waals surface area contributed by atoms with Crippen LogP contribution in [0.15, 0.2) is 48.5 Å². The van der Waals surface area contributed by atoms with Crippen molar-refractivity contribution in [2.24, 2.45) is 0 Å². The molecule has 2 aromatic carbocycles. The van der Waals surface area contributed by atoms with Crippen molar-refractivity contribution in [3.05, 3.63) is 82.7 Å². The molecule has 0 aliphatic carbocycles. The molecule has 1 N–H and O–H groups in total. The first kappa shape index (κ1) is 22.1. The Bertz CT molecular complexity index is 1070. The van der Waals surface area contributed by atoms with Crippen LogP contribution in [0.5, 0.6) is 0 Å². The highest BCUT2D eigenvalue weighted by Crippen LogP contribution is 2.23. The molecule has 4 rings (SSSR count). The molecule has 6 nitrogen and oxygen atoms in total. The number of morpholine rings is 1. The average molecular weight is 440 g/mol. The molecule has 1 saturated heterocycles. The molecule has 8 heteroatoms. The lowest BCUT2D eigenvalue weighted by Gasteiger charge is -2.35. The van der Waals surface area contributed by atoms with Crippen molar-refractivity contribution in [1.29, 1.82) is 0 Å². The summed E-state index contributed by atoms with van der Waals surface area (Å²) in [6.07, 6.45) is 0. The number of amides is 1. The highest BCUT2D eigenvalue weighted by atomic mass is 19.1. The van der Waals surface area contributed by atoms with Gasteiger partial charge in [0, 0.05) is 19.6 Å². The maximum Gasteiger partial charge on any atom is 0.255 e. The van der Waals surface area contributed by atoms with Crippen molar-refractivity contribution < 1.29 is 18.3 Å². The first-order chi connectivity index (χ1) is 15.4. The van der Waals surface area contributed by atoms with E-state index >= 15 is 0 Å². The number of aromatic nitrogens is 2. The summed E-state index contributed by atoms with van der Waals surface area (Å²) in [4.78, 5) is 15.4. The van der Waals surface area contributed by atoms with Gasteiger partial charge in [-0.1, -0.05) is 12.1 Å². The molecule has 1 atom stereocenters. The highest BCUT2D eigenvalue weighted by Gasteiger charge is 2.25. The number of halogens is 2. The normalized spacial score (nSPS) is 15.5. The van der Waals surface area contributed by atoms with E-state index in [-0.39, 0.29) is 23.6 Å². The second-order valence-electron chi connectivity index (χ2n) is 7.86. The molecule has 1 aliphatic rings. The summed E-state index contributed by atoms with van der Waals surface area (Å²) in [6.45, 7) is 6.67. The Morgan fingerprint density at radius 2 is 1.62 bits per heavy atom. The van der Waals surface area contributed by atoms with E-state index in [1.54, 1.807) is 35.9 Å². The lowest BCUT2D eigenvalue weighted by Crippen LogP contribution is -2.44. The molecule has 1 unspecified atom stereocenters. The lowest BCUT2D eigenvalue weighted by molar-refractivity contribution is 0.0162. The third kappa shape index (κ3) is 4.71. The van der Waals surface area contributed by atoms with Crippen LogP contribution in [0.4, 0.5) is 8.78 Å². The van der Waals surface area contributed by atoms with Crippen molar-refractivity contribution >= 4 is 5.91 Å². The van der Waals surface area contributed by atoms with Gasteiger partial charge >= 0.3 is 0 Å². The highest BCUT2D eigenvalue weighted by molar-refractivity contribution is 5.96. The maximum atomic E-state index is 13.4. The minimum Gasteiger partial charge on any atom is -0.379 e. The number of nitrogens with one attached hydrogen (secondary N) is 1. The van der Waals surface area contributed by atoms with Gasteiger partial charge in [0.2, 0.25) is 0 Å². The predicted molar refractivity (Wildman–Crippen MR) is 117 cm³/mol. The number of aryl methyl sites for hydroxylation is 1. The summed E-state index contributed by atoms with van der Waals surface area (Å²) in [5.41, 5.74) is 3.38. The van der Waals surface area contributed by atoms with Crippen molar-refractivity contribution in [1.82, 2.24) is 20.0 Å². The number of ether oxygens (including phenoxy) is 1. The fourth-order valence-corrected chi connectivity index (χ4v) is 4.11. The van der Waals surface area contributed by atoms with Gasteiger partial charge in [-0.25, -0.2) is 13.5 Å². The average Bonchev–Trinajstić information content (AvgIpc) is 3.10. The number of hydrogen-bond donors (Lipinski definition) is 1. The molecule has 0 saturated carbocycles. The monoisotopic (exact) mass is 440 g/mol. The molecule has 0 bridgehead atoms. The molecular weight excluding hydrogens is 414 g/mol. The number of carbonyl (C=O) groups is 1. The summed E-state index contributed by atoms with van der Waals surface area (Å²) in [5.74, 6) is -0.852. The van der Waals surface area contributed by atoms with Gasteiger partial charge < -0.3 is 10.1 Å². The van der Waals surface area contributed by atoms with Gasteiger partial charge in [-0.05, 0) is 55.8 Å². The first-order valence-corrected chi connectivity index (χ1v) is 10.6. The topological polar surface area (TPSA) is 59.4 Å². The molecule has 32 heavy (non-hydrogen) atoms. The van der Waals surface area contributed by atoms with Crippen LogP contribution < -0.4 is 5.32 Å². The predicted octanol–water partition coefficient (Wildman–Crippen LogP) is 3.57. The maximum absolute atomic E-state index is 13.4. The third-order valence-electron chi connectivity index (χ3n) is 5.79. The van der Waals surface area contributed by atoms with Crippen LogP contribution >= 0.6 is 0 Å². The second-order valence-corrected chi connectivity index (χ2v) is 7.86. The Hall–Kier alpha value is -3.10. The zero-order valence-electron chi connectivity index (χ0n) is 18.1. The Kier molecular flexibility index (Phi) is 6.62. The Morgan fingerprint density at radius 1 is 1.03 bits per heavy atom. The van der Waals surface area contributed by atoms with Crippen molar-refractivity contribution in [3.8, 4) is 5.69 Å². The molecule has 2 heterocycles. The van der Waals surface area contributed by atoms with Gasteiger partial charge in [0.05, 0.1) is 41.9 Å². The fourth-order valence-electron chi connectivity index (χ4n) is 4.11. The van der Waals surface area contributed by atoms with Crippen LogP contribution in [0.1, 0.15) is 33.4 Å². The number of benzene rings is 2. The van der Waals surface area contributed by atoms with E-state index in [1.165, 1.54) is 24.3 Å². The minimum atomic E-state index is -0.330. The molecule has 1 fully saturated rings. The molecule has 1 aliphatic heterocycles. The molecule has 0 spiro atoms. The minimum absolute atomic E-state index is 0.101. The third-order valence-corrected chi connectivity index (χ3v) is 5.79. The zero-order valence-corrected chi connectivity index (χ0v) is 18.1. The Labute approximate surface area is 185 Å². The van der Waals surface area contributed by atoms with Crippen LogP contribution in [0.25, 0.3) is 5.69 Å². The van der Waals surface area contributed by atoms with E-state index in [0.29, 0.717) is 42.4 Å². The van der Waals surface area contributed by atoms with Crippen molar-refractivity contribution in [2.45, 2.75) is 19.9 Å². The van der Waals surface area contributed by atoms with Crippen LogP contribution in [0, 0.1) is 25.5 Å². The summed E-state index contributed by atoms with van der Waals surface area (Å²) in [6, 6.07) is 12.3. The fraction of sp³-hybridized carbons (Fsp3) is 0.333. The lowest BCUT2D eigenvalue weighted by atomic mass is 10.0. The van der Waals surface area contributed by atoms with Gasteiger partial charge in [0.15, 0.2) is 0 Å². The molecule has 1 aromatic heterocycles. The Balaban J connectivity index is 1.54. The molecule has 168 valence electrons. The van der Waals surface area contributed by atoms with Gasteiger partial charge in [-0.2, -0.15) is 5.10 Å². The zero-order chi connectivity index (χ0) is 22.7. The van der Waals surface area contributed by atoms with Gasteiger partial charge in [-0.15, -0.1) is 0 Å². The van der Waals surface area contributed by atoms with Crippen molar-refractivity contribution in [3.63, 3.8) is 0 Å². The van der Waals surface area contributed by atoms with E-state index in [1.807, 2.05) is 6.92 Å². The number of rotatable bonds is 6.